The van der Waals surface area contributed by atoms with Crippen LogP contribution in [0, 0.1) is 5.92 Å². The third kappa shape index (κ3) is 3.40. The van der Waals surface area contributed by atoms with Crippen molar-refractivity contribution in [3.05, 3.63) is 24.3 Å². The van der Waals surface area contributed by atoms with E-state index in [4.69, 9.17) is 0 Å². The molecular weight excluding hydrogens is 284 g/mol. The van der Waals surface area contributed by atoms with Crippen molar-refractivity contribution in [2.45, 2.75) is 44.2 Å². The Morgan fingerprint density at radius 3 is 2.67 bits per heavy atom. The predicted molar refractivity (Wildman–Crippen MR) is 86.6 cm³/mol. The molecule has 1 heterocycles. The first-order valence-corrected chi connectivity index (χ1v) is 8.44. The molecule has 0 aromatic heterocycles. The zero-order chi connectivity index (χ0) is 15.6. The normalized spacial score (nSPS) is 22.6. The number of thioether (sulfide) groups is 1. The van der Waals surface area contributed by atoms with Crippen LogP contribution in [0.1, 0.15) is 27.2 Å². The number of amides is 2. The van der Waals surface area contributed by atoms with Crippen molar-refractivity contribution in [1.82, 2.24) is 5.32 Å². The lowest BCUT2D eigenvalue weighted by atomic mass is 9.98. The Hall–Kier alpha value is -1.49. The summed E-state index contributed by atoms with van der Waals surface area (Å²) in [5.74, 6) is 0.246. The minimum Gasteiger partial charge on any atom is -0.342 e. The number of hydrogen-bond donors (Lipinski definition) is 1. The third-order valence-electron chi connectivity index (χ3n) is 3.66. The number of carbonyl (C=O) groups is 2. The highest BCUT2D eigenvalue weighted by molar-refractivity contribution is 7.98. The van der Waals surface area contributed by atoms with Crippen LogP contribution in [0.25, 0.3) is 0 Å². The highest BCUT2D eigenvalue weighted by atomic mass is 32.2. The van der Waals surface area contributed by atoms with Gasteiger partial charge in [0.25, 0.3) is 0 Å². The molecule has 2 unspecified atom stereocenters. The van der Waals surface area contributed by atoms with Gasteiger partial charge in [-0.15, -0.1) is 11.8 Å². The van der Waals surface area contributed by atoms with Crippen molar-refractivity contribution in [1.29, 1.82) is 0 Å². The fourth-order valence-electron chi connectivity index (χ4n) is 2.57. The van der Waals surface area contributed by atoms with E-state index >= 15 is 0 Å². The summed E-state index contributed by atoms with van der Waals surface area (Å²) in [5.41, 5.74) is 0.794. The van der Waals surface area contributed by atoms with Crippen molar-refractivity contribution < 1.29 is 9.59 Å². The Balaban J connectivity index is 2.33. The fraction of sp³-hybridized carbons (Fsp3) is 0.500. The molecule has 1 N–H and O–H groups in total. The summed E-state index contributed by atoms with van der Waals surface area (Å²) in [6.07, 6.45) is 2.66. The van der Waals surface area contributed by atoms with Gasteiger partial charge in [0.2, 0.25) is 11.8 Å². The molecule has 1 aliphatic heterocycles. The highest BCUT2D eigenvalue weighted by Gasteiger charge is 2.39. The lowest BCUT2D eigenvalue weighted by Crippen LogP contribution is -2.63. The van der Waals surface area contributed by atoms with Gasteiger partial charge < -0.3 is 5.32 Å². The first-order valence-electron chi connectivity index (χ1n) is 7.21. The summed E-state index contributed by atoms with van der Waals surface area (Å²) < 4.78 is 0. The molecule has 0 aliphatic carbocycles. The summed E-state index contributed by atoms with van der Waals surface area (Å²) in [4.78, 5) is 27.6. The van der Waals surface area contributed by atoms with E-state index in [2.05, 4.69) is 19.2 Å². The average Bonchev–Trinajstić information content (AvgIpc) is 2.45. The minimum absolute atomic E-state index is 0.0194. The maximum atomic E-state index is 12.7. The van der Waals surface area contributed by atoms with E-state index in [-0.39, 0.29) is 11.8 Å². The molecule has 1 fully saturated rings. The van der Waals surface area contributed by atoms with E-state index in [0.29, 0.717) is 12.3 Å². The minimum atomic E-state index is -0.474. The van der Waals surface area contributed by atoms with E-state index in [1.165, 1.54) is 0 Å². The maximum Gasteiger partial charge on any atom is 0.250 e. The molecule has 21 heavy (non-hydrogen) atoms. The van der Waals surface area contributed by atoms with E-state index in [0.717, 1.165) is 10.6 Å². The summed E-state index contributed by atoms with van der Waals surface area (Å²) in [6, 6.07) is 6.87. The van der Waals surface area contributed by atoms with E-state index in [1.807, 2.05) is 30.5 Å². The lowest BCUT2D eigenvalue weighted by Gasteiger charge is -2.38. The maximum absolute atomic E-state index is 12.7. The second-order valence-corrected chi connectivity index (χ2v) is 6.66. The molecule has 0 radical (unpaired) electrons. The van der Waals surface area contributed by atoms with Crippen molar-refractivity contribution in [3.8, 4) is 0 Å². The topological polar surface area (TPSA) is 49.4 Å². The van der Waals surface area contributed by atoms with Crippen molar-refractivity contribution in [2.24, 2.45) is 5.92 Å². The van der Waals surface area contributed by atoms with Gasteiger partial charge in [-0.25, -0.2) is 0 Å². The fourth-order valence-corrected chi connectivity index (χ4v) is 3.03. The summed E-state index contributed by atoms with van der Waals surface area (Å²) in [5, 5.41) is 2.84. The third-order valence-corrected chi connectivity index (χ3v) is 4.38. The van der Waals surface area contributed by atoms with Crippen LogP contribution < -0.4 is 10.2 Å². The van der Waals surface area contributed by atoms with Crippen molar-refractivity contribution in [3.63, 3.8) is 0 Å². The number of hydrogen-bond acceptors (Lipinski definition) is 3. The number of piperazine rings is 1. The van der Waals surface area contributed by atoms with Gasteiger partial charge in [0.1, 0.15) is 12.1 Å². The number of anilines is 1. The SMILES string of the molecule is CSc1cccc(N2C(=O)C(CC(C)C)NC(=O)C2C)c1. The number of benzene rings is 1. The Labute approximate surface area is 130 Å². The van der Waals surface area contributed by atoms with E-state index < -0.39 is 12.1 Å². The van der Waals surface area contributed by atoms with Gasteiger partial charge in [0.05, 0.1) is 0 Å². The summed E-state index contributed by atoms with van der Waals surface area (Å²) in [7, 11) is 0. The van der Waals surface area contributed by atoms with Gasteiger partial charge in [0, 0.05) is 10.6 Å². The van der Waals surface area contributed by atoms with Crippen LogP contribution >= 0.6 is 11.8 Å². The van der Waals surface area contributed by atoms with Crippen molar-refractivity contribution in [2.75, 3.05) is 11.2 Å². The van der Waals surface area contributed by atoms with Crippen LogP contribution in [-0.4, -0.2) is 30.2 Å². The Bertz CT molecular complexity index is 545. The Morgan fingerprint density at radius 1 is 1.33 bits per heavy atom. The van der Waals surface area contributed by atoms with E-state index in [1.54, 1.807) is 23.6 Å². The van der Waals surface area contributed by atoms with Crippen LogP contribution in [0.5, 0.6) is 0 Å². The molecular formula is C16H22N2O2S. The predicted octanol–water partition coefficient (Wildman–Crippen LogP) is 2.67. The zero-order valence-corrected chi connectivity index (χ0v) is 13.7. The molecule has 1 aromatic rings. The molecule has 2 amide bonds. The van der Waals surface area contributed by atoms with Crippen LogP contribution in [0.15, 0.2) is 29.2 Å². The molecule has 1 aliphatic rings. The molecule has 114 valence electrons. The van der Waals surface area contributed by atoms with Gasteiger partial charge in [-0.1, -0.05) is 19.9 Å². The molecule has 0 spiro atoms. The van der Waals surface area contributed by atoms with Crippen molar-refractivity contribution >= 4 is 29.3 Å². The van der Waals surface area contributed by atoms with Gasteiger partial charge in [-0.3, -0.25) is 14.5 Å². The molecule has 4 nitrogen and oxygen atoms in total. The number of nitrogens with zero attached hydrogens (tertiary/aromatic N) is 1. The van der Waals surface area contributed by atoms with E-state index in [9.17, 15) is 9.59 Å². The average molecular weight is 306 g/mol. The standard InChI is InChI=1S/C16H22N2O2S/c1-10(2)8-14-16(20)18(11(3)15(19)17-14)12-6-5-7-13(9-12)21-4/h5-7,9-11,14H,8H2,1-4H3,(H,17,19). The van der Waals surface area contributed by atoms with Crippen LogP contribution in [-0.2, 0) is 9.59 Å². The van der Waals surface area contributed by atoms with Gasteiger partial charge >= 0.3 is 0 Å². The first-order chi connectivity index (χ1) is 9.93. The Kier molecular flexibility index (Phi) is 4.93. The van der Waals surface area contributed by atoms with Gasteiger partial charge in [-0.2, -0.15) is 0 Å². The second-order valence-electron chi connectivity index (χ2n) is 5.78. The lowest BCUT2D eigenvalue weighted by molar-refractivity contribution is -0.133. The summed E-state index contributed by atoms with van der Waals surface area (Å²) in [6.45, 7) is 5.87. The van der Waals surface area contributed by atoms with Crippen LogP contribution in [0.2, 0.25) is 0 Å². The first kappa shape index (κ1) is 15.9. The second kappa shape index (κ2) is 6.52. The smallest absolute Gasteiger partial charge is 0.250 e. The monoisotopic (exact) mass is 306 g/mol. The van der Waals surface area contributed by atoms with Gasteiger partial charge in [-0.05, 0) is 43.7 Å². The number of nitrogens with one attached hydrogen (secondary N) is 1. The zero-order valence-electron chi connectivity index (χ0n) is 12.9. The largest absolute Gasteiger partial charge is 0.342 e. The van der Waals surface area contributed by atoms with Crippen LogP contribution in [0.4, 0.5) is 5.69 Å². The summed E-state index contributed by atoms with van der Waals surface area (Å²) >= 11 is 1.62. The highest BCUT2D eigenvalue weighted by Crippen LogP contribution is 2.27. The molecule has 2 atom stereocenters. The van der Waals surface area contributed by atoms with Crippen LogP contribution in [0.3, 0.4) is 0 Å². The molecule has 0 bridgehead atoms. The molecule has 1 saturated heterocycles. The molecule has 1 aromatic carbocycles. The molecule has 2 rings (SSSR count). The number of carbonyl (C=O) groups excluding carboxylic acids is 2. The number of rotatable bonds is 4. The quantitative estimate of drug-likeness (QED) is 0.870. The Morgan fingerprint density at radius 2 is 2.05 bits per heavy atom. The molecule has 5 heteroatoms. The molecule has 0 saturated carbocycles. The van der Waals surface area contributed by atoms with Gasteiger partial charge in [0.15, 0.2) is 0 Å².